The van der Waals surface area contributed by atoms with E-state index < -0.39 is 0 Å². The van der Waals surface area contributed by atoms with Crippen molar-refractivity contribution in [1.82, 2.24) is 4.98 Å². The molecule has 1 saturated heterocycles. The highest BCUT2D eigenvalue weighted by atomic mass is 32.1. The van der Waals surface area contributed by atoms with Crippen molar-refractivity contribution in [2.45, 2.75) is 12.8 Å². The number of hydrazine groups is 1. The minimum absolute atomic E-state index is 0.763. The van der Waals surface area contributed by atoms with Crippen LogP contribution in [0.4, 0.5) is 37.9 Å². The number of fused-ring (bicyclic) bond motifs is 1. The van der Waals surface area contributed by atoms with E-state index in [4.69, 9.17) is 0 Å². The highest BCUT2D eigenvalue weighted by molar-refractivity contribution is 7.19. The van der Waals surface area contributed by atoms with E-state index in [9.17, 15) is 0 Å². The molecule has 37 heavy (non-hydrogen) atoms. The third kappa shape index (κ3) is 5.50. The van der Waals surface area contributed by atoms with Gasteiger partial charge in [-0.2, -0.15) is 5.11 Å². The maximum atomic E-state index is 4.58. The van der Waals surface area contributed by atoms with E-state index in [1.54, 1.807) is 17.5 Å². The first-order chi connectivity index (χ1) is 18.3. The lowest BCUT2D eigenvalue weighted by molar-refractivity contribution is 0.949. The predicted octanol–water partition coefficient (Wildman–Crippen LogP) is 9.23. The normalized spacial score (nSPS) is 13.8. The van der Waals surface area contributed by atoms with Crippen molar-refractivity contribution in [2.75, 3.05) is 28.8 Å². The first-order valence-electron chi connectivity index (χ1n) is 12.0. The summed E-state index contributed by atoms with van der Waals surface area (Å²) in [5.74, 6) is 0. The molecule has 3 heterocycles. The summed E-state index contributed by atoms with van der Waals surface area (Å²) < 4.78 is 0. The molecule has 0 unspecified atom stereocenters. The smallest absolute Gasteiger partial charge is 0.201 e. The molecule has 0 saturated carbocycles. The fourth-order valence-corrected chi connectivity index (χ4v) is 5.52. The molecule has 10 heteroatoms. The Kier molecular flexibility index (Phi) is 6.82. The Morgan fingerprint density at radius 2 is 1.46 bits per heavy atom. The molecule has 1 aliphatic heterocycles. The van der Waals surface area contributed by atoms with E-state index in [2.05, 4.69) is 47.3 Å². The summed E-state index contributed by atoms with van der Waals surface area (Å²) in [6.45, 7) is 2.26. The summed E-state index contributed by atoms with van der Waals surface area (Å²) in [6.07, 6.45) is 4.28. The first-order valence-corrected chi connectivity index (χ1v) is 13.7. The Hall–Kier alpha value is -4.15. The van der Waals surface area contributed by atoms with Crippen molar-refractivity contribution < 1.29 is 0 Å². The maximum Gasteiger partial charge on any atom is 0.201 e. The highest BCUT2D eigenvalue weighted by Crippen LogP contribution is 2.38. The monoisotopic (exact) mass is 524 g/mol. The van der Waals surface area contributed by atoms with Crippen molar-refractivity contribution in [3.8, 4) is 0 Å². The van der Waals surface area contributed by atoms with E-state index in [1.807, 2.05) is 72.1 Å². The van der Waals surface area contributed by atoms with Gasteiger partial charge in [-0.1, -0.05) is 35.6 Å². The third-order valence-corrected chi connectivity index (χ3v) is 7.74. The van der Waals surface area contributed by atoms with Crippen molar-refractivity contribution in [3.63, 3.8) is 0 Å². The van der Waals surface area contributed by atoms with Gasteiger partial charge >= 0.3 is 0 Å². The molecule has 0 bridgehead atoms. The third-order valence-electron chi connectivity index (χ3n) is 6.02. The lowest BCUT2D eigenvalue weighted by atomic mass is 10.1. The minimum Gasteiger partial charge on any atom is -0.363 e. The van der Waals surface area contributed by atoms with Gasteiger partial charge in [-0.25, -0.2) is 4.98 Å². The lowest BCUT2D eigenvalue weighted by Crippen LogP contribution is -2.15. The minimum atomic E-state index is 0.763. The van der Waals surface area contributed by atoms with Gasteiger partial charge in [-0.3, -0.25) is 10.9 Å². The largest absolute Gasteiger partial charge is 0.363 e. The van der Waals surface area contributed by atoms with Crippen LogP contribution >= 0.6 is 22.7 Å². The van der Waals surface area contributed by atoms with Crippen LogP contribution in [-0.4, -0.2) is 18.1 Å². The average molecular weight is 525 g/mol. The molecule has 0 amide bonds. The van der Waals surface area contributed by atoms with Crippen molar-refractivity contribution in [1.29, 1.82) is 0 Å². The van der Waals surface area contributed by atoms with Crippen LogP contribution in [0.2, 0.25) is 0 Å². The Bertz CT molecular complexity index is 1530. The van der Waals surface area contributed by atoms with E-state index in [1.165, 1.54) is 29.2 Å². The van der Waals surface area contributed by atoms with Crippen LogP contribution in [0.1, 0.15) is 12.8 Å². The molecule has 6 rings (SSSR count). The molecular weight excluding hydrogens is 500 g/mol. The molecule has 8 nitrogen and oxygen atoms in total. The molecule has 1 aliphatic rings. The molecule has 184 valence electrons. The molecule has 0 aliphatic carbocycles. The zero-order valence-electron chi connectivity index (χ0n) is 19.9. The van der Waals surface area contributed by atoms with Gasteiger partial charge in [-0.05, 0) is 61.4 Å². The van der Waals surface area contributed by atoms with Gasteiger partial charge in [0.15, 0.2) is 0 Å². The molecule has 0 radical (unpaired) electrons. The fraction of sp³-hybridized carbons (Fsp3) is 0.148. The molecule has 5 aromatic rings. The molecule has 0 atom stereocenters. The predicted molar refractivity (Wildman–Crippen MR) is 154 cm³/mol. The summed E-state index contributed by atoms with van der Waals surface area (Å²) in [6, 6.07) is 23.9. The van der Waals surface area contributed by atoms with Gasteiger partial charge in [0.05, 0.1) is 27.8 Å². The molecular formula is C27H24N8S2. The Morgan fingerprint density at radius 3 is 2.16 bits per heavy atom. The standard InChI is InChI=1S/C27H24N8S2/c1-2-6-22-21(5-1)23(31-29-19-7-9-20(10-8-19)30-34-27-28-15-18-36-27)11-12-24(22)32-33-25-13-14-26(37-25)35-16-3-4-17-35/h1-2,5-15,18,30H,3-4,16-17H2,(H,28,34). The van der Waals surface area contributed by atoms with E-state index in [0.29, 0.717) is 0 Å². The molecule has 2 N–H and O–H groups in total. The topological polar surface area (TPSA) is 89.6 Å². The second-order valence-electron chi connectivity index (χ2n) is 8.49. The van der Waals surface area contributed by atoms with Crippen molar-refractivity contribution in [2.24, 2.45) is 20.5 Å². The highest BCUT2D eigenvalue weighted by Gasteiger charge is 2.14. The Morgan fingerprint density at radius 1 is 0.730 bits per heavy atom. The number of rotatable bonds is 8. The molecule has 2 aromatic heterocycles. The van der Waals surface area contributed by atoms with Gasteiger partial charge in [0.25, 0.3) is 0 Å². The number of thiazole rings is 1. The number of thiophene rings is 1. The van der Waals surface area contributed by atoms with Crippen LogP contribution in [0, 0.1) is 0 Å². The number of hydrogen-bond acceptors (Lipinski definition) is 10. The van der Waals surface area contributed by atoms with Gasteiger partial charge in [-0.15, -0.1) is 26.7 Å². The number of benzene rings is 3. The number of azo groups is 2. The fourth-order valence-electron chi connectivity index (χ4n) is 4.16. The lowest BCUT2D eigenvalue weighted by Gasteiger charge is -2.13. The molecule has 3 aromatic carbocycles. The van der Waals surface area contributed by atoms with Crippen LogP contribution in [0.25, 0.3) is 10.8 Å². The van der Waals surface area contributed by atoms with Crippen molar-refractivity contribution in [3.05, 3.63) is 84.4 Å². The Labute approximate surface area is 222 Å². The van der Waals surface area contributed by atoms with Gasteiger partial charge in [0.1, 0.15) is 5.00 Å². The first kappa shape index (κ1) is 23.3. The summed E-state index contributed by atoms with van der Waals surface area (Å²) in [4.78, 5) is 6.60. The summed E-state index contributed by atoms with van der Waals surface area (Å²) in [5.41, 5.74) is 9.46. The molecule has 0 spiro atoms. The Balaban J connectivity index is 1.17. The quantitative estimate of drug-likeness (QED) is 0.156. The number of aromatic nitrogens is 1. The second-order valence-corrected chi connectivity index (χ2v) is 10.4. The number of nitrogens with one attached hydrogen (secondary N) is 2. The van der Waals surface area contributed by atoms with Gasteiger partial charge in [0.2, 0.25) is 5.13 Å². The molecule has 1 fully saturated rings. The number of hydrogen-bond donors (Lipinski definition) is 2. The zero-order chi connectivity index (χ0) is 24.9. The van der Waals surface area contributed by atoms with Crippen LogP contribution < -0.4 is 15.8 Å². The van der Waals surface area contributed by atoms with Crippen LogP contribution in [0.15, 0.2) is 105 Å². The van der Waals surface area contributed by atoms with Crippen LogP contribution in [-0.2, 0) is 0 Å². The summed E-state index contributed by atoms with van der Waals surface area (Å²) in [7, 11) is 0. The summed E-state index contributed by atoms with van der Waals surface area (Å²) in [5, 5.41) is 25.0. The van der Waals surface area contributed by atoms with Gasteiger partial charge < -0.3 is 4.90 Å². The second kappa shape index (κ2) is 10.9. The average Bonchev–Trinajstić information content (AvgIpc) is 3.73. The van der Waals surface area contributed by atoms with E-state index >= 15 is 0 Å². The number of anilines is 3. The van der Waals surface area contributed by atoms with E-state index in [0.717, 1.165) is 56.7 Å². The maximum absolute atomic E-state index is 4.58. The summed E-state index contributed by atoms with van der Waals surface area (Å²) >= 11 is 3.22. The van der Waals surface area contributed by atoms with E-state index in [-0.39, 0.29) is 0 Å². The zero-order valence-corrected chi connectivity index (χ0v) is 21.5. The SMILES string of the molecule is c1ccc2c(N=Nc3ccc(N4CCCC4)s3)ccc(N=Nc3ccc(NNc4nccs4)cc3)c2c1. The number of nitrogens with zero attached hydrogens (tertiary/aromatic N) is 6. The van der Waals surface area contributed by atoms with Crippen molar-refractivity contribution >= 4 is 71.3 Å². The van der Waals surface area contributed by atoms with Gasteiger partial charge in [0, 0.05) is 35.4 Å². The van der Waals surface area contributed by atoms with Crippen LogP contribution in [0.3, 0.4) is 0 Å². The van der Waals surface area contributed by atoms with Crippen LogP contribution in [0.5, 0.6) is 0 Å².